The van der Waals surface area contributed by atoms with Gasteiger partial charge in [0.15, 0.2) is 0 Å². The third kappa shape index (κ3) is 6.37. The highest BCUT2D eigenvalue weighted by atomic mass is 32.2. The molecule has 0 aliphatic heterocycles. The zero-order valence-corrected chi connectivity index (χ0v) is 16.6. The largest absolute Gasteiger partial charge is 0.352 e. The molecule has 2 aromatic carbocycles. The van der Waals surface area contributed by atoms with Crippen molar-refractivity contribution in [3.05, 3.63) is 60.2 Å². The third-order valence-corrected chi connectivity index (χ3v) is 5.64. The number of para-hydroxylation sites is 1. The summed E-state index contributed by atoms with van der Waals surface area (Å²) in [6, 6.07) is 14.7. The van der Waals surface area contributed by atoms with Gasteiger partial charge in [-0.1, -0.05) is 38.1 Å². The van der Waals surface area contributed by atoms with Crippen LogP contribution in [0.5, 0.6) is 0 Å². The van der Waals surface area contributed by atoms with Crippen LogP contribution in [-0.2, 0) is 10.0 Å². The molecule has 0 saturated heterocycles. The van der Waals surface area contributed by atoms with E-state index >= 15 is 0 Å². The maximum Gasteiger partial charge on any atom is 0.261 e. The van der Waals surface area contributed by atoms with E-state index in [0.29, 0.717) is 17.8 Å². The average molecular weight is 390 g/mol. The number of rotatable bonds is 10. The van der Waals surface area contributed by atoms with E-state index < -0.39 is 10.0 Å². The molecule has 146 valence electrons. The van der Waals surface area contributed by atoms with Gasteiger partial charge in [0.05, 0.1) is 4.90 Å². The Morgan fingerprint density at radius 2 is 1.70 bits per heavy atom. The van der Waals surface area contributed by atoms with Crippen molar-refractivity contribution in [1.82, 2.24) is 10.2 Å². The van der Waals surface area contributed by atoms with Gasteiger partial charge < -0.3 is 10.2 Å². The van der Waals surface area contributed by atoms with Crippen molar-refractivity contribution in [2.24, 2.45) is 0 Å². The highest BCUT2D eigenvalue weighted by Gasteiger charge is 2.16. The Hall–Kier alpha value is -2.38. The summed E-state index contributed by atoms with van der Waals surface area (Å²) < 4.78 is 27.6. The number of nitrogens with one attached hydrogen (secondary N) is 2. The minimum atomic E-state index is -3.75. The SMILES string of the molecule is CCN(CC)CCCNC(=O)c1cccc(S(=O)(=O)Nc2ccccc2)c1. The van der Waals surface area contributed by atoms with Crippen LogP contribution in [0, 0.1) is 0 Å². The van der Waals surface area contributed by atoms with Gasteiger partial charge in [0, 0.05) is 17.8 Å². The quantitative estimate of drug-likeness (QED) is 0.613. The Morgan fingerprint density at radius 3 is 2.37 bits per heavy atom. The number of sulfonamides is 1. The standard InChI is InChI=1S/C20H27N3O3S/c1-3-23(4-2)15-9-14-21-20(24)17-10-8-13-19(16-17)27(25,26)22-18-11-6-5-7-12-18/h5-8,10-13,16,22H,3-4,9,14-15H2,1-2H3,(H,21,24). The number of carbonyl (C=O) groups is 1. The van der Waals surface area contributed by atoms with Crippen molar-refractivity contribution >= 4 is 21.6 Å². The van der Waals surface area contributed by atoms with Crippen molar-refractivity contribution in [1.29, 1.82) is 0 Å². The predicted molar refractivity (Wildman–Crippen MR) is 108 cm³/mol. The summed E-state index contributed by atoms with van der Waals surface area (Å²) in [6.45, 7) is 7.66. The second-order valence-electron chi connectivity index (χ2n) is 6.14. The molecule has 2 aromatic rings. The van der Waals surface area contributed by atoms with Crippen molar-refractivity contribution in [2.75, 3.05) is 30.9 Å². The molecule has 0 unspecified atom stereocenters. The molecule has 0 spiro atoms. The first-order chi connectivity index (χ1) is 13.0. The lowest BCUT2D eigenvalue weighted by molar-refractivity contribution is 0.0951. The molecular formula is C20H27N3O3S. The van der Waals surface area contributed by atoms with Gasteiger partial charge in [0.1, 0.15) is 0 Å². The predicted octanol–water partition coefficient (Wildman–Crippen LogP) is 2.95. The smallest absolute Gasteiger partial charge is 0.261 e. The van der Waals surface area contributed by atoms with Crippen molar-refractivity contribution in [3.8, 4) is 0 Å². The Balaban J connectivity index is 1.98. The summed E-state index contributed by atoms with van der Waals surface area (Å²) >= 11 is 0. The van der Waals surface area contributed by atoms with Gasteiger partial charge in [-0.25, -0.2) is 8.42 Å². The zero-order valence-electron chi connectivity index (χ0n) is 15.8. The maximum atomic E-state index is 12.5. The lowest BCUT2D eigenvalue weighted by atomic mass is 10.2. The van der Waals surface area contributed by atoms with E-state index in [4.69, 9.17) is 0 Å². The number of benzene rings is 2. The van der Waals surface area contributed by atoms with Gasteiger partial charge in [-0.3, -0.25) is 9.52 Å². The molecule has 0 atom stereocenters. The van der Waals surface area contributed by atoms with Gasteiger partial charge in [0.25, 0.3) is 15.9 Å². The molecule has 0 aliphatic carbocycles. The van der Waals surface area contributed by atoms with E-state index in [2.05, 4.69) is 28.8 Å². The minimum absolute atomic E-state index is 0.0575. The summed E-state index contributed by atoms with van der Waals surface area (Å²) in [5.41, 5.74) is 0.803. The summed E-state index contributed by atoms with van der Waals surface area (Å²) in [7, 11) is -3.75. The van der Waals surface area contributed by atoms with Crippen molar-refractivity contribution in [2.45, 2.75) is 25.2 Å². The van der Waals surface area contributed by atoms with E-state index in [1.54, 1.807) is 36.4 Å². The molecule has 0 aromatic heterocycles. The summed E-state index contributed by atoms with van der Waals surface area (Å²) in [5, 5.41) is 2.85. The Kier molecular flexibility index (Phi) is 7.82. The third-order valence-electron chi connectivity index (χ3n) is 4.26. The number of anilines is 1. The van der Waals surface area contributed by atoms with Crippen LogP contribution in [0.1, 0.15) is 30.6 Å². The molecule has 1 amide bonds. The van der Waals surface area contributed by atoms with Gasteiger partial charge >= 0.3 is 0 Å². The molecule has 0 heterocycles. The summed E-state index contributed by atoms with van der Waals surface area (Å²) in [5.74, 6) is -0.272. The molecule has 7 heteroatoms. The lowest BCUT2D eigenvalue weighted by Gasteiger charge is -2.17. The van der Waals surface area contributed by atoms with E-state index in [9.17, 15) is 13.2 Å². The number of amides is 1. The summed E-state index contributed by atoms with van der Waals surface area (Å²) in [6.07, 6.45) is 0.848. The fourth-order valence-electron chi connectivity index (χ4n) is 2.67. The molecule has 0 radical (unpaired) electrons. The highest BCUT2D eigenvalue weighted by molar-refractivity contribution is 7.92. The first-order valence-corrected chi connectivity index (χ1v) is 10.6. The van der Waals surface area contributed by atoms with Gasteiger partial charge in [-0.15, -0.1) is 0 Å². The lowest BCUT2D eigenvalue weighted by Crippen LogP contribution is -2.30. The molecule has 0 saturated carbocycles. The van der Waals surface area contributed by atoms with Crippen LogP contribution < -0.4 is 10.0 Å². The zero-order chi connectivity index (χ0) is 19.7. The summed E-state index contributed by atoms with van der Waals surface area (Å²) in [4.78, 5) is 14.7. The highest BCUT2D eigenvalue weighted by Crippen LogP contribution is 2.17. The fraction of sp³-hybridized carbons (Fsp3) is 0.350. The Morgan fingerprint density at radius 1 is 1.00 bits per heavy atom. The van der Waals surface area contributed by atoms with Crippen LogP contribution in [0.15, 0.2) is 59.5 Å². The fourth-order valence-corrected chi connectivity index (χ4v) is 3.78. The monoisotopic (exact) mass is 389 g/mol. The molecule has 27 heavy (non-hydrogen) atoms. The molecule has 2 rings (SSSR count). The number of hydrogen-bond acceptors (Lipinski definition) is 4. The second-order valence-corrected chi connectivity index (χ2v) is 7.82. The second kappa shape index (κ2) is 10.1. The molecule has 2 N–H and O–H groups in total. The Labute approximate surface area is 161 Å². The van der Waals surface area contributed by atoms with Crippen LogP contribution >= 0.6 is 0 Å². The molecule has 6 nitrogen and oxygen atoms in total. The molecule has 0 bridgehead atoms. The molecule has 0 fully saturated rings. The van der Waals surface area contributed by atoms with Crippen LogP contribution in [0.4, 0.5) is 5.69 Å². The van der Waals surface area contributed by atoms with Crippen LogP contribution in [0.2, 0.25) is 0 Å². The van der Waals surface area contributed by atoms with Crippen LogP contribution in [0.25, 0.3) is 0 Å². The first kappa shape index (κ1) is 20.9. The van der Waals surface area contributed by atoms with Gasteiger partial charge in [0.2, 0.25) is 0 Å². The van der Waals surface area contributed by atoms with E-state index in [1.807, 2.05) is 6.07 Å². The number of hydrogen-bond donors (Lipinski definition) is 2. The van der Waals surface area contributed by atoms with E-state index in [0.717, 1.165) is 26.1 Å². The number of nitrogens with zero attached hydrogens (tertiary/aromatic N) is 1. The van der Waals surface area contributed by atoms with Gasteiger partial charge in [-0.05, 0) is 56.4 Å². The molecule has 0 aliphatic rings. The van der Waals surface area contributed by atoms with Crippen LogP contribution in [0.3, 0.4) is 0 Å². The maximum absolute atomic E-state index is 12.5. The Bertz CT molecular complexity index is 835. The van der Waals surface area contributed by atoms with E-state index in [1.165, 1.54) is 12.1 Å². The number of carbonyl (C=O) groups excluding carboxylic acids is 1. The average Bonchev–Trinajstić information content (AvgIpc) is 2.68. The topological polar surface area (TPSA) is 78.5 Å². The van der Waals surface area contributed by atoms with E-state index in [-0.39, 0.29) is 10.8 Å². The van der Waals surface area contributed by atoms with Crippen molar-refractivity contribution < 1.29 is 13.2 Å². The first-order valence-electron chi connectivity index (χ1n) is 9.14. The van der Waals surface area contributed by atoms with Gasteiger partial charge in [-0.2, -0.15) is 0 Å². The van der Waals surface area contributed by atoms with Crippen molar-refractivity contribution in [3.63, 3.8) is 0 Å². The normalized spacial score (nSPS) is 11.4. The van der Waals surface area contributed by atoms with Crippen LogP contribution in [-0.4, -0.2) is 45.4 Å². The molecular weight excluding hydrogens is 362 g/mol. The minimum Gasteiger partial charge on any atom is -0.352 e.